The molecule has 7 nitrogen and oxygen atoms in total. The van der Waals surface area contributed by atoms with E-state index in [0.717, 1.165) is 29.1 Å². The maximum absolute atomic E-state index is 14.8. The Morgan fingerprint density at radius 2 is 1.82 bits per heavy atom. The van der Waals surface area contributed by atoms with Crippen molar-refractivity contribution in [3.63, 3.8) is 0 Å². The highest BCUT2D eigenvalue weighted by Gasteiger charge is 2.18. The summed E-state index contributed by atoms with van der Waals surface area (Å²) in [6.45, 7) is 2.45. The SMILES string of the molecule is CCc1cccc(N(Cc2nc(-c3ccccc3)nn2C)c2ccc(/C(N)=N\O)c(F)c2)c1. The lowest BCUT2D eigenvalue weighted by Crippen LogP contribution is -2.21. The summed E-state index contributed by atoms with van der Waals surface area (Å²) >= 11 is 0. The third-order valence-electron chi connectivity index (χ3n) is 5.46. The van der Waals surface area contributed by atoms with Crippen LogP contribution in [0.2, 0.25) is 0 Å². The quantitative estimate of drug-likeness (QED) is 0.188. The van der Waals surface area contributed by atoms with Gasteiger partial charge in [0.15, 0.2) is 11.7 Å². The second-order valence-corrected chi connectivity index (χ2v) is 7.60. The van der Waals surface area contributed by atoms with Crippen LogP contribution in [0.4, 0.5) is 15.8 Å². The fraction of sp³-hybridized carbons (Fsp3) is 0.160. The van der Waals surface area contributed by atoms with Gasteiger partial charge in [-0.05, 0) is 42.3 Å². The van der Waals surface area contributed by atoms with Gasteiger partial charge >= 0.3 is 0 Å². The predicted octanol–water partition coefficient (Wildman–Crippen LogP) is 4.62. The predicted molar refractivity (Wildman–Crippen MR) is 127 cm³/mol. The van der Waals surface area contributed by atoms with Crippen molar-refractivity contribution >= 4 is 17.2 Å². The molecule has 4 rings (SSSR count). The van der Waals surface area contributed by atoms with Gasteiger partial charge in [0, 0.05) is 24.0 Å². The van der Waals surface area contributed by atoms with Gasteiger partial charge in [-0.2, -0.15) is 5.10 Å². The van der Waals surface area contributed by atoms with Crippen molar-refractivity contribution in [1.82, 2.24) is 14.8 Å². The van der Waals surface area contributed by atoms with E-state index in [9.17, 15) is 4.39 Å². The van der Waals surface area contributed by atoms with Crippen LogP contribution in [0.25, 0.3) is 11.4 Å². The molecule has 0 bridgehead atoms. The molecular formula is C25H25FN6O. The van der Waals surface area contributed by atoms with E-state index in [1.54, 1.807) is 10.7 Å². The topological polar surface area (TPSA) is 92.6 Å². The number of oxime groups is 1. The first kappa shape index (κ1) is 22.0. The van der Waals surface area contributed by atoms with Gasteiger partial charge in [0.1, 0.15) is 11.6 Å². The molecule has 0 unspecified atom stereocenters. The molecule has 1 heterocycles. The van der Waals surface area contributed by atoms with Crippen LogP contribution >= 0.6 is 0 Å². The number of halogens is 1. The number of nitrogens with zero attached hydrogens (tertiary/aromatic N) is 5. The van der Waals surface area contributed by atoms with Crippen LogP contribution < -0.4 is 10.6 Å². The van der Waals surface area contributed by atoms with Crippen LogP contribution in [0.5, 0.6) is 0 Å². The summed E-state index contributed by atoms with van der Waals surface area (Å²) in [6.07, 6.45) is 0.876. The minimum absolute atomic E-state index is 0.0357. The zero-order valence-electron chi connectivity index (χ0n) is 18.5. The zero-order valence-corrected chi connectivity index (χ0v) is 18.5. The van der Waals surface area contributed by atoms with Gasteiger partial charge in [0.2, 0.25) is 0 Å². The zero-order chi connectivity index (χ0) is 23.4. The molecule has 0 fully saturated rings. The fourth-order valence-electron chi connectivity index (χ4n) is 3.61. The Balaban J connectivity index is 1.76. The van der Waals surface area contributed by atoms with E-state index in [1.165, 1.54) is 12.1 Å². The van der Waals surface area contributed by atoms with Gasteiger partial charge in [0.25, 0.3) is 0 Å². The number of hydrogen-bond acceptors (Lipinski definition) is 5. The van der Waals surface area contributed by atoms with E-state index in [4.69, 9.17) is 15.9 Å². The van der Waals surface area contributed by atoms with Gasteiger partial charge in [-0.3, -0.25) is 4.68 Å². The van der Waals surface area contributed by atoms with E-state index >= 15 is 0 Å². The van der Waals surface area contributed by atoms with Crippen molar-refractivity contribution in [2.24, 2.45) is 17.9 Å². The van der Waals surface area contributed by atoms with Crippen LogP contribution in [-0.2, 0) is 20.0 Å². The molecule has 4 aromatic rings. The Morgan fingerprint density at radius 3 is 2.52 bits per heavy atom. The smallest absolute Gasteiger partial charge is 0.181 e. The lowest BCUT2D eigenvalue weighted by atomic mass is 10.1. The first-order valence-electron chi connectivity index (χ1n) is 10.6. The molecular weight excluding hydrogens is 419 g/mol. The second kappa shape index (κ2) is 9.52. The normalized spacial score (nSPS) is 11.5. The average molecular weight is 445 g/mol. The number of nitrogens with two attached hydrogens (primary N) is 1. The molecule has 0 radical (unpaired) electrons. The summed E-state index contributed by atoms with van der Waals surface area (Å²) in [5, 5.41) is 16.4. The van der Waals surface area contributed by atoms with Crippen LogP contribution in [0.3, 0.4) is 0 Å². The summed E-state index contributed by atoms with van der Waals surface area (Å²) in [6, 6.07) is 22.5. The van der Waals surface area contributed by atoms with Crippen LogP contribution in [0.1, 0.15) is 23.9 Å². The molecule has 0 saturated heterocycles. The number of hydrogen-bond donors (Lipinski definition) is 2. The fourth-order valence-corrected chi connectivity index (χ4v) is 3.61. The highest BCUT2D eigenvalue weighted by molar-refractivity contribution is 5.97. The molecule has 0 aliphatic heterocycles. The first-order valence-corrected chi connectivity index (χ1v) is 10.6. The van der Waals surface area contributed by atoms with E-state index in [1.807, 2.05) is 54.4 Å². The van der Waals surface area contributed by atoms with Gasteiger partial charge in [-0.1, -0.05) is 54.5 Å². The maximum atomic E-state index is 14.8. The number of benzene rings is 3. The van der Waals surface area contributed by atoms with E-state index < -0.39 is 5.82 Å². The summed E-state index contributed by atoms with van der Waals surface area (Å²) in [5.74, 6) is 0.488. The number of aryl methyl sites for hydroxylation is 2. The van der Waals surface area contributed by atoms with Crippen molar-refractivity contribution in [1.29, 1.82) is 0 Å². The van der Waals surface area contributed by atoms with Gasteiger partial charge in [0.05, 0.1) is 12.1 Å². The average Bonchev–Trinajstić information content (AvgIpc) is 3.22. The van der Waals surface area contributed by atoms with Gasteiger partial charge < -0.3 is 15.8 Å². The monoisotopic (exact) mass is 444 g/mol. The Kier molecular flexibility index (Phi) is 6.35. The Morgan fingerprint density at radius 1 is 1.06 bits per heavy atom. The molecule has 0 aliphatic rings. The van der Waals surface area contributed by atoms with Crippen molar-refractivity contribution in [2.75, 3.05) is 4.90 Å². The van der Waals surface area contributed by atoms with Gasteiger partial charge in [-0.25, -0.2) is 9.37 Å². The highest BCUT2D eigenvalue weighted by atomic mass is 19.1. The number of rotatable bonds is 7. The molecule has 3 N–H and O–H groups in total. The third-order valence-corrected chi connectivity index (χ3v) is 5.46. The molecule has 1 aromatic heterocycles. The van der Waals surface area contributed by atoms with Crippen LogP contribution in [0.15, 0.2) is 78.0 Å². The molecule has 0 aliphatic carbocycles. The van der Waals surface area contributed by atoms with Crippen LogP contribution in [0, 0.1) is 5.82 Å². The standard InChI is InChI=1S/C25H25FN6O/c1-3-17-8-7-11-19(14-17)32(20-12-13-21(22(26)15-20)24(27)30-33)16-23-28-25(29-31(23)2)18-9-5-4-6-10-18/h4-15,33H,3,16H2,1-2H3,(H2,27,30). The third kappa shape index (κ3) is 4.69. The minimum atomic E-state index is -0.581. The Labute approximate surface area is 191 Å². The van der Waals surface area contributed by atoms with E-state index in [0.29, 0.717) is 18.1 Å². The second-order valence-electron chi connectivity index (χ2n) is 7.60. The summed E-state index contributed by atoms with van der Waals surface area (Å²) in [4.78, 5) is 6.71. The summed E-state index contributed by atoms with van der Waals surface area (Å²) in [7, 11) is 1.84. The number of aromatic nitrogens is 3. The highest BCUT2D eigenvalue weighted by Crippen LogP contribution is 2.30. The van der Waals surface area contributed by atoms with Crippen molar-refractivity contribution in [3.05, 3.63) is 95.6 Å². The van der Waals surface area contributed by atoms with Crippen LogP contribution in [-0.4, -0.2) is 25.8 Å². The van der Waals surface area contributed by atoms with Crippen molar-refractivity contribution < 1.29 is 9.60 Å². The Bertz CT molecular complexity index is 1290. The molecule has 168 valence electrons. The van der Waals surface area contributed by atoms with Crippen molar-refractivity contribution in [2.45, 2.75) is 19.9 Å². The molecule has 33 heavy (non-hydrogen) atoms. The molecule has 3 aromatic carbocycles. The first-order chi connectivity index (χ1) is 16.0. The number of amidine groups is 1. The number of anilines is 2. The molecule has 0 amide bonds. The minimum Gasteiger partial charge on any atom is -0.409 e. The maximum Gasteiger partial charge on any atom is 0.181 e. The summed E-state index contributed by atoms with van der Waals surface area (Å²) < 4.78 is 16.6. The lowest BCUT2D eigenvalue weighted by molar-refractivity contribution is 0.318. The largest absolute Gasteiger partial charge is 0.409 e. The molecule has 8 heteroatoms. The molecule has 0 atom stereocenters. The molecule has 0 spiro atoms. The van der Waals surface area contributed by atoms with E-state index in [-0.39, 0.29) is 11.4 Å². The van der Waals surface area contributed by atoms with Crippen molar-refractivity contribution in [3.8, 4) is 11.4 Å². The lowest BCUT2D eigenvalue weighted by Gasteiger charge is -2.25. The summed E-state index contributed by atoms with van der Waals surface area (Å²) in [5.41, 5.74) is 9.23. The van der Waals surface area contributed by atoms with E-state index in [2.05, 4.69) is 29.3 Å². The van der Waals surface area contributed by atoms with Gasteiger partial charge in [-0.15, -0.1) is 0 Å². The molecule has 0 saturated carbocycles. The Hall–Kier alpha value is -4.20.